The van der Waals surface area contributed by atoms with Crippen LogP contribution in [0.2, 0.25) is 0 Å². The fourth-order valence-electron chi connectivity index (χ4n) is 2.34. The molecule has 0 radical (unpaired) electrons. The second-order valence-corrected chi connectivity index (χ2v) is 4.90. The highest BCUT2D eigenvalue weighted by atomic mass is 16.5. The van der Waals surface area contributed by atoms with Crippen LogP contribution in [0.25, 0.3) is 11.1 Å². The lowest BCUT2D eigenvalue weighted by Gasteiger charge is -2.06. The average molecular weight is 264 g/mol. The van der Waals surface area contributed by atoms with Gasteiger partial charge in [-0.2, -0.15) is 0 Å². The minimum atomic E-state index is -0.266. The molecule has 2 aromatic carbocycles. The maximum atomic E-state index is 12.0. The summed E-state index contributed by atoms with van der Waals surface area (Å²) < 4.78 is 5.37. The normalized spacial score (nSPS) is 13.9. The maximum Gasteiger partial charge on any atom is 0.343 e. The fraction of sp³-hybridized carbons (Fsp3) is 0.167. The standard InChI is InChI=1S/C18H16O2/c19-18(20-17-8-4-5-9-17)16-12-10-15(11-13-16)14-6-2-1-3-7-14/h1-3,6-8,10-13H,4-5,9H2. The smallest absolute Gasteiger partial charge is 0.343 e. The van der Waals surface area contributed by atoms with E-state index < -0.39 is 0 Å². The molecule has 0 spiro atoms. The lowest BCUT2D eigenvalue weighted by molar-refractivity contribution is 0.0618. The molecule has 0 aliphatic heterocycles. The molecular weight excluding hydrogens is 248 g/mol. The SMILES string of the molecule is O=C(OC1=CCCC1)c1ccc(-c2ccccc2)cc1. The zero-order valence-corrected chi connectivity index (χ0v) is 11.2. The van der Waals surface area contributed by atoms with Crippen LogP contribution in [0.1, 0.15) is 29.6 Å². The van der Waals surface area contributed by atoms with Crippen molar-refractivity contribution in [3.05, 3.63) is 72.0 Å². The summed E-state index contributed by atoms with van der Waals surface area (Å²) in [5.41, 5.74) is 2.84. The van der Waals surface area contributed by atoms with Crippen molar-refractivity contribution in [2.75, 3.05) is 0 Å². The highest BCUT2D eigenvalue weighted by Crippen LogP contribution is 2.22. The van der Waals surface area contributed by atoms with Crippen LogP contribution in [0.4, 0.5) is 0 Å². The van der Waals surface area contributed by atoms with Crippen LogP contribution in [-0.4, -0.2) is 5.97 Å². The van der Waals surface area contributed by atoms with E-state index in [4.69, 9.17) is 4.74 Å². The highest BCUT2D eigenvalue weighted by Gasteiger charge is 2.13. The van der Waals surface area contributed by atoms with Crippen molar-refractivity contribution >= 4 is 5.97 Å². The van der Waals surface area contributed by atoms with E-state index in [9.17, 15) is 4.79 Å². The number of ether oxygens (including phenoxy) is 1. The first-order valence-electron chi connectivity index (χ1n) is 6.89. The molecule has 2 aromatic rings. The van der Waals surface area contributed by atoms with E-state index in [1.807, 2.05) is 48.5 Å². The van der Waals surface area contributed by atoms with Gasteiger partial charge in [0.05, 0.1) is 5.56 Å². The van der Waals surface area contributed by atoms with Gasteiger partial charge in [0.1, 0.15) is 5.76 Å². The van der Waals surface area contributed by atoms with E-state index in [2.05, 4.69) is 12.1 Å². The lowest BCUT2D eigenvalue weighted by Crippen LogP contribution is -2.03. The zero-order chi connectivity index (χ0) is 13.8. The van der Waals surface area contributed by atoms with Crippen LogP contribution < -0.4 is 0 Å². The third-order valence-corrected chi connectivity index (χ3v) is 3.45. The lowest BCUT2D eigenvalue weighted by atomic mass is 10.0. The molecule has 0 fully saturated rings. The molecule has 0 bridgehead atoms. The Hall–Kier alpha value is -2.35. The summed E-state index contributed by atoms with van der Waals surface area (Å²) in [6.45, 7) is 0. The molecule has 2 heteroatoms. The molecule has 100 valence electrons. The van der Waals surface area contributed by atoms with E-state index in [1.54, 1.807) is 0 Å². The van der Waals surface area contributed by atoms with Crippen LogP contribution in [0.3, 0.4) is 0 Å². The molecule has 20 heavy (non-hydrogen) atoms. The van der Waals surface area contributed by atoms with Crippen molar-refractivity contribution < 1.29 is 9.53 Å². The third kappa shape index (κ3) is 2.80. The zero-order valence-electron chi connectivity index (χ0n) is 11.2. The summed E-state index contributed by atoms with van der Waals surface area (Å²) in [5.74, 6) is 0.542. The number of hydrogen-bond donors (Lipinski definition) is 0. The minimum absolute atomic E-state index is 0.266. The second-order valence-electron chi connectivity index (χ2n) is 4.90. The summed E-state index contributed by atoms with van der Waals surface area (Å²) in [5, 5.41) is 0. The number of rotatable bonds is 3. The Morgan fingerprint density at radius 1 is 0.900 bits per heavy atom. The molecular formula is C18H16O2. The Morgan fingerprint density at radius 3 is 2.25 bits per heavy atom. The molecule has 3 rings (SSSR count). The number of esters is 1. The Morgan fingerprint density at radius 2 is 1.60 bits per heavy atom. The van der Waals surface area contributed by atoms with Gasteiger partial charge in [-0.05, 0) is 42.2 Å². The molecule has 0 saturated heterocycles. The molecule has 0 N–H and O–H groups in total. The minimum Gasteiger partial charge on any atom is -0.428 e. The van der Waals surface area contributed by atoms with Gasteiger partial charge in [-0.15, -0.1) is 0 Å². The monoisotopic (exact) mass is 264 g/mol. The van der Waals surface area contributed by atoms with Crippen LogP contribution >= 0.6 is 0 Å². The summed E-state index contributed by atoms with van der Waals surface area (Å²) in [6, 6.07) is 17.6. The van der Waals surface area contributed by atoms with Crippen molar-refractivity contribution in [3.63, 3.8) is 0 Å². The van der Waals surface area contributed by atoms with E-state index >= 15 is 0 Å². The second kappa shape index (κ2) is 5.74. The molecule has 0 saturated carbocycles. The largest absolute Gasteiger partial charge is 0.428 e. The van der Waals surface area contributed by atoms with E-state index in [0.29, 0.717) is 5.56 Å². The van der Waals surface area contributed by atoms with Crippen molar-refractivity contribution in [3.8, 4) is 11.1 Å². The Labute approximate surface area is 118 Å². The Bertz CT molecular complexity index is 624. The number of benzene rings is 2. The van der Waals surface area contributed by atoms with E-state index in [-0.39, 0.29) is 5.97 Å². The first-order valence-corrected chi connectivity index (χ1v) is 6.89. The quantitative estimate of drug-likeness (QED) is 0.758. The van der Waals surface area contributed by atoms with E-state index in [0.717, 1.165) is 36.1 Å². The van der Waals surface area contributed by atoms with Gasteiger partial charge < -0.3 is 4.74 Å². The first kappa shape index (κ1) is 12.7. The molecule has 0 amide bonds. The van der Waals surface area contributed by atoms with Crippen LogP contribution in [0.15, 0.2) is 66.4 Å². The highest BCUT2D eigenvalue weighted by molar-refractivity contribution is 5.90. The topological polar surface area (TPSA) is 26.3 Å². The number of hydrogen-bond acceptors (Lipinski definition) is 2. The molecule has 0 heterocycles. The fourth-order valence-corrected chi connectivity index (χ4v) is 2.34. The first-order chi connectivity index (χ1) is 9.83. The number of allylic oxidation sites excluding steroid dienone is 2. The molecule has 0 atom stereocenters. The Kier molecular flexibility index (Phi) is 3.64. The van der Waals surface area contributed by atoms with Crippen LogP contribution in [-0.2, 0) is 4.74 Å². The van der Waals surface area contributed by atoms with Crippen molar-refractivity contribution in [1.29, 1.82) is 0 Å². The predicted octanol–water partition coefficient (Wildman–Crippen LogP) is 4.58. The predicted molar refractivity (Wildman–Crippen MR) is 79.2 cm³/mol. The Balaban J connectivity index is 1.74. The molecule has 1 aliphatic carbocycles. The number of carbonyl (C=O) groups excluding carboxylic acids is 1. The maximum absolute atomic E-state index is 12.0. The van der Waals surface area contributed by atoms with Gasteiger partial charge >= 0.3 is 5.97 Å². The van der Waals surface area contributed by atoms with Crippen LogP contribution in [0.5, 0.6) is 0 Å². The molecule has 0 aromatic heterocycles. The summed E-state index contributed by atoms with van der Waals surface area (Å²) in [4.78, 5) is 12.0. The van der Waals surface area contributed by atoms with Gasteiger partial charge in [-0.1, -0.05) is 42.5 Å². The summed E-state index contributed by atoms with van der Waals surface area (Å²) >= 11 is 0. The molecule has 0 unspecified atom stereocenters. The van der Waals surface area contributed by atoms with E-state index in [1.165, 1.54) is 0 Å². The summed E-state index contributed by atoms with van der Waals surface area (Å²) in [7, 11) is 0. The van der Waals surface area contributed by atoms with Crippen molar-refractivity contribution in [1.82, 2.24) is 0 Å². The molecule has 2 nitrogen and oxygen atoms in total. The van der Waals surface area contributed by atoms with Gasteiger partial charge in [0.2, 0.25) is 0 Å². The summed E-state index contributed by atoms with van der Waals surface area (Å²) in [6.07, 6.45) is 4.95. The van der Waals surface area contributed by atoms with Gasteiger partial charge in [0, 0.05) is 6.42 Å². The van der Waals surface area contributed by atoms with Gasteiger partial charge in [0.25, 0.3) is 0 Å². The van der Waals surface area contributed by atoms with Crippen molar-refractivity contribution in [2.45, 2.75) is 19.3 Å². The average Bonchev–Trinajstić information content (AvgIpc) is 3.01. The van der Waals surface area contributed by atoms with Crippen LogP contribution in [0, 0.1) is 0 Å². The van der Waals surface area contributed by atoms with Gasteiger partial charge in [0.15, 0.2) is 0 Å². The number of carbonyl (C=O) groups is 1. The van der Waals surface area contributed by atoms with Gasteiger partial charge in [-0.25, -0.2) is 4.79 Å². The third-order valence-electron chi connectivity index (χ3n) is 3.45. The van der Waals surface area contributed by atoms with Crippen molar-refractivity contribution in [2.24, 2.45) is 0 Å². The van der Waals surface area contributed by atoms with Gasteiger partial charge in [-0.3, -0.25) is 0 Å². The molecule has 1 aliphatic rings.